The average molecular weight is 330 g/mol. The minimum absolute atomic E-state index is 0.127. The molecule has 0 radical (unpaired) electrons. The molecular weight excluding hydrogens is 318 g/mol. The zero-order chi connectivity index (χ0) is 16.6. The second kappa shape index (κ2) is 5.78. The van der Waals surface area contributed by atoms with E-state index in [9.17, 15) is 9.59 Å². The fourth-order valence-electron chi connectivity index (χ4n) is 2.31. The molecule has 5 nitrogen and oxygen atoms in total. The molecule has 116 valence electrons. The summed E-state index contributed by atoms with van der Waals surface area (Å²) in [5.74, 6) is -1.37. The van der Waals surface area contributed by atoms with Crippen LogP contribution in [0.15, 0.2) is 46.9 Å². The zero-order valence-electron chi connectivity index (χ0n) is 12.1. The number of anilines is 1. The Kier molecular flexibility index (Phi) is 3.80. The normalized spacial score (nSPS) is 10.7. The highest BCUT2D eigenvalue weighted by Crippen LogP contribution is 2.25. The third-order valence-corrected chi connectivity index (χ3v) is 3.75. The van der Waals surface area contributed by atoms with Gasteiger partial charge in [-0.05, 0) is 48.9 Å². The summed E-state index contributed by atoms with van der Waals surface area (Å²) >= 11 is 5.91. The first kappa shape index (κ1) is 15.1. The van der Waals surface area contributed by atoms with Crippen LogP contribution in [0.1, 0.15) is 26.5 Å². The topological polar surface area (TPSA) is 79.5 Å². The molecule has 0 saturated heterocycles. The van der Waals surface area contributed by atoms with E-state index in [2.05, 4.69) is 5.32 Å². The van der Waals surface area contributed by atoms with E-state index >= 15 is 0 Å². The van der Waals surface area contributed by atoms with Gasteiger partial charge in [0.25, 0.3) is 5.91 Å². The first-order valence-corrected chi connectivity index (χ1v) is 7.17. The van der Waals surface area contributed by atoms with Crippen molar-refractivity contribution in [3.8, 4) is 0 Å². The lowest BCUT2D eigenvalue weighted by atomic mass is 10.1. The standard InChI is InChI=1S/C17H12ClNO4/c1-9-12(17(21)22)3-2-4-13(9)19-16(20)15-8-10-7-11(18)5-6-14(10)23-15/h2-8H,1H3,(H,19,20)(H,21,22). The summed E-state index contributed by atoms with van der Waals surface area (Å²) in [6.07, 6.45) is 0. The Morgan fingerprint density at radius 3 is 2.70 bits per heavy atom. The fourth-order valence-corrected chi connectivity index (χ4v) is 2.49. The summed E-state index contributed by atoms with van der Waals surface area (Å²) in [5.41, 5.74) is 1.59. The number of amides is 1. The van der Waals surface area contributed by atoms with Crippen molar-refractivity contribution in [1.29, 1.82) is 0 Å². The van der Waals surface area contributed by atoms with Crippen molar-refractivity contribution >= 4 is 40.1 Å². The van der Waals surface area contributed by atoms with Gasteiger partial charge in [-0.25, -0.2) is 4.79 Å². The maximum absolute atomic E-state index is 12.3. The summed E-state index contributed by atoms with van der Waals surface area (Å²) in [4.78, 5) is 23.5. The van der Waals surface area contributed by atoms with Crippen LogP contribution in [-0.2, 0) is 0 Å². The molecule has 3 aromatic rings. The molecule has 0 fully saturated rings. The van der Waals surface area contributed by atoms with Crippen LogP contribution in [0.25, 0.3) is 11.0 Å². The SMILES string of the molecule is Cc1c(NC(=O)c2cc3cc(Cl)ccc3o2)cccc1C(=O)O. The molecule has 6 heteroatoms. The number of hydrogen-bond donors (Lipinski definition) is 2. The Hall–Kier alpha value is -2.79. The molecule has 0 bridgehead atoms. The first-order valence-electron chi connectivity index (χ1n) is 6.79. The van der Waals surface area contributed by atoms with E-state index in [1.54, 1.807) is 43.3 Å². The van der Waals surface area contributed by atoms with Gasteiger partial charge >= 0.3 is 5.97 Å². The Morgan fingerprint density at radius 1 is 1.17 bits per heavy atom. The summed E-state index contributed by atoms with van der Waals surface area (Å²) in [6, 6.07) is 11.3. The van der Waals surface area contributed by atoms with Crippen molar-refractivity contribution in [2.24, 2.45) is 0 Å². The van der Waals surface area contributed by atoms with E-state index in [0.717, 1.165) is 5.39 Å². The quantitative estimate of drug-likeness (QED) is 0.749. The van der Waals surface area contributed by atoms with E-state index < -0.39 is 11.9 Å². The van der Waals surface area contributed by atoms with Crippen molar-refractivity contribution in [1.82, 2.24) is 0 Å². The number of fused-ring (bicyclic) bond motifs is 1. The lowest BCUT2D eigenvalue weighted by Gasteiger charge is -2.09. The van der Waals surface area contributed by atoms with Gasteiger partial charge in [-0.2, -0.15) is 0 Å². The highest BCUT2D eigenvalue weighted by Gasteiger charge is 2.16. The van der Waals surface area contributed by atoms with Crippen molar-refractivity contribution in [2.75, 3.05) is 5.32 Å². The van der Waals surface area contributed by atoms with Crippen LogP contribution in [0, 0.1) is 6.92 Å². The Labute approximate surface area is 136 Å². The van der Waals surface area contributed by atoms with Gasteiger partial charge < -0.3 is 14.8 Å². The highest BCUT2D eigenvalue weighted by atomic mass is 35.5. The molecule has 23 heavy (non-hydrogen) atoms. The maximum Gasteiger partial charge on any atom is 0.336 e. The van der Waals surface area contributed by atoms with Gasteiger partial charge in [0.15, 0.2) is 5.76 Å². The van der Waals surface area contributed by atoms with Gasteiger partial charge in [-0.1, -0.05) is 17.7 Å². The number of furan rings is 1. The number of hydrogen-bond acceptors (Lipinski definition) is 3. The Morgan fingerprint density at radius 2 is 1.96 bits per heavy atom. The van der Waals surface area contributed by atoms with Crippen LogP contribution in [0.4, 0.5) is 5.69 Å². The van der Waals surface area contributed by atoms with E-state index in [1.807, 2.05) is 0 Å². The predicted octanol–water partition coefficient (Wildman–Crippen LogP) is 4.35. The molecule has 0 atom stereocenters. The fraction of sp³-hybridized carbons (Fsp3) is 0.0588. The molecule has 1 aromatic heterocycles. The summed E-state index contributed by atoms with van der Waals surface area (Å²) in [5, 5.41) is 13.1. The molecule has 1 amide bonds. The number of rotatable bonds is 3. The molecule has 2 aromatic carbocycles. The van der Waals surface area contributed by atoms with Crippen molar-refractivity contribution in [2.45, 2.75) is 6.92 Å². The number of benzene rings is 2. The van der Waals surface area contributed by atoms with Crippen LogP contribution in [0.2, 0.25) is 5.02 Å². The summed E-state index contributed by atoms with van der Waals surface area (Å²) in [7, 11) is 0. The van der Waals surface area contributed by atoms with E-state index in [0.29, 0.717) is 21.9 Å². The minimum atomic E-state index is -1.04. The number of halogens is 1. The summed E-state index contributed by atoms with van der Waals surface area (Å²) in [6.45, 7) is 1.64. The lowest BCUT2D eigenvalue weighted by molar-refractivity contribution is 0.0695. The monoisotopic (exact) mass is 329 g/mol. The number of carbonyl (C=O) groups is 2. The van der Waals surface area contributed by atoms with Crippen LogP contribution >= 0.6 is 11.6 Å². The molecule has 1 heterocycles. The maximum atomic E-state index is 12.3. The molecule has 0 unspecified atom stereocenters. The largest absolute Gasteiger partial charge is 0.478 e. The van der Waals surface area contributed by atoms with E-state index in [1.165, 1.54) is 6.07 Å². The molecule has 0 aliphatic rings. The molecule has 0 aliphatic carbocycles. The van der Waals surface area contributed by atoms with Crippen LogP contribution < -0.4 is 5.32 Å². The van der Waals surface area contributed by atoms with Crippen molar-refractivity contribution in [3.63, 3.8) is 0 Å². The second-order valence-electron chi connectivity index (χ2n) is 5.03. The number of carboxylic acid groups (broad SMARTS) is 1. The first-order chi connectivity index (χ1) is 11.0. The van der Waals surface area contributed by atoms with Gasteiger partial charge in [-0.15, -0.1) is 0 Å². The van der Waals surface area contributed by atoms with Gasteiger partial charge in [0, 0.05) is 16.1 Å². The van der Waals surface area contributed by atoms with Gasteiger partial charge in [-0.3, -0.25) is 4.79 Å². The highest BCUT2D eigenvalue weighted by molar-refractivity contribution is 6.31. The van der Waals surface area contributed by atoms with E-state index in [-0.39, 0.29) is 11.3 Å². The predicted molar refractivity (Wildman–Crippen MR) is 87.3 cm³/mol. The van der Waals surface area contributed by atoms with Crippen LogP contribution in [0.5, 0.6) is 0 Å². The molecule has 0 spiro atoms. The number of nitrogens with one attached hydrogen (secondary N) is 1. The minimum Gasteiger partial charge on any atom is -0.478 e. The van der Waals surface area contributed by atoms with Crippen LogP contribution in [0.3, 0.4) is 0 Å². The van der Waals surface area contributed by atoms with E-state index in [4.69, 9.17) is 21.1 Å². The number of carboxylic acids is 1. The third-order valence-electron chi connectivity index (χ3n) is 3.51. The Balaban J connectivity index is 1.92. The molecule has 0 aliphatic heterocycles. The third kappa shape index (κ3) is 2.91. The van der Waals surface area contributed by atoms with Gasteiger partial charge in [0.1, 0.15) is 5.58 Å². The molecular formula is C17H12ClNO4. The molecule has 0 saturated carbocycles. The van der Waals surface area contributed by atoms with Crippen LogP contribution in [-0.4, -0.2) is 17.0 Å². The number of carbonyl (C=O) groups excluding carboxylic acids is 1. The number of aromatic carboxylic acids is 1. The van der Waals surface area contributed by atoms with Crippen molar-refractivity contribution < 1.29 is 19.1 Å². The molecule has 3 rings (SSSR count). The van der Waals surface area contributed by atoms with Crippen molar-refractivity contribution in [3.05, 3.63) is 64.4 Å². The zero-order valence-corrected chi connectivity index (χ0v) is 12.8. The average Bonchev–Trinajstić information content (AvgIpc) is 2.92. The lowest BCUT2D eigenvalue weighted by Crippen LogP contribution is -2.13. The second-order valence-corrected chi connectivity index (χ2v) is 5.47. The smallest absolute Gasteiger partial charge is 0.336 e. The Bertz CT molecular complexity index is 929. The van der Waals surface area contributed by atoms with Gasteiger partial charge in [0.2, 0.25) is 0 Å². The van der Waals surface area contributed by atoms with Gasteiger partial charge in [0.05, 0.1) is 5.56 Å². The molecule has 2 N–H and O–H groups in total. The summed E-state index contributed by atoms with van der Waals surface area (Å²) < 4.78 is 5.49.